The van der Waals surface area contributed by atoms with Crippen LogP contribution in [0.2, 0.25) is 0 Å². The van der Waals surface area contributed by atoms with E-state index in [0.29, 0.717) is 23.0 Å². The van der Waals surface area contributed by atoms with Crippen LogP contribution in [0.15, 0.2) is 59.9 Å². The predicted molar refractivity (Wildman–Crippen MR) is 106 cm³/mol. The second-order valence-corrected chi connectivity index (χ2v) is 6.22. The molecule has 1 aromatic carbocycles. The molecule has 0 unspecified atom stereocenters. The Bertz CT molecular complexity index is 1210. The van der Waals surface area contributed by atoms with Crippen LogP contribution in [0, 0.1) is 0 Å². The van der Waals surface area contributed by atoms with Crippen molar-refractivity contribution in [1.82, 2.24) is 40.1 Å². The van der Waals surface area contributed by atoms with E-state index in [9.17, 15) is 9.59 Å². The van der Waals surface area contributed by atoms with E-state index >= 15 is 0 Å². The minimum absolute atomic E-state index is 0.195. The van der Waals surface area contributed by atoms with E-state index in [1.165, 1.54) is 28.1 Å². The number of hydrogen-bond acceptors (Lipinski definition) is 7. The van der Waals surface area contributed by atoms with Gasteiger partial charge >= 0.3 is 0 Å². The Morgan fingerprint density at radius 1 is 1.23 bits per heavy atom. The van der Waals surface area contributed by atoms with Crippen LogP contribution >= 0.6 is 0 Å². The number of hydrogen-bond donors (Lipinski definition) is 2. The van der Waals surface area contributed by atoms with Crippen molar-refractivity contribution in [2.24, 2.45) is 0 Å². The third kappa shape index (κ3) is 3.94. The van der Waals surface area contributed by atoms with Gasteiger partial charge in [-0.05, 0) is 24.3 Å². The molecule has 11 nitrogen and oxygen atoms in total. The van der Waals surface area contributed by atoms with Crippen LogP contribution in [-0.4, -0.2) is 54.3 Å². The van der Waals surface area contributed by atoms with Crippen molar-refractivity contribution >= 4 is 5.91 Å². The first-order valence-corrected chi connectivity index (χ1v) is 9.06. The number of benzene rings is 1. The van der Waals surface area contributed by atoms with Crippen LogP contribution in [-0.2, 0) is 6.54 Å². The lowest BCUT2D eigenvalue weighted by molar-refractivity contribution is 0.0946. The van der Waals surface area contributed by atoms with Crippen LogP contribution in [0.5, 0.6) is 5.75 Å². The fourth-order valence-corrected chi connectivity index (χ4v) is 2.85. The molecule has 3 heterocycles. The summed E-state index contributed by atoms with van der Waals surface area (Å²) in [5, 5.41) is 17.9. The molecule has 4 aromatic rings. The molecule has 0 fully saturated rings. The molecule has 1 amide bonds. The number of amides is 1. The lowest BCUT2D eigenvalue weighted by Crippen LogP contribution is -2.32. The van der Waals surface area contributed by atoms with Gasteiger partial charge in [-0.15, -0.1) is 5.10 Å². The smallest absolute Gasteiger partial charge is 0.269 e. The molecule has 152 valence electrons. The van der Waals surface area contributed by atoms with Gasteiger partial charge in [0.1, 0.15) is 24.1 Å². The number of carbonyl (C=O) groups is 1. The van der Waals surface area contributed by atoms with Gasteiger partial charge in [-0.1, -0.05) is 12.1 Å². The van der Waals surface area contributed by atoms with Gasteiger partial charge in [0.05, 0.1) is 19.3 Å². The number of rotatable bonds is 7. The quantitative estimate of drug-likeness (QED) is 0.460. The van der Waals surface area contributed by atoms with Gasteiger partial charge in [0.2, 0.25) is 0 Å². The van der Waals surface area contributed by atoms with Crippen LogP contribution < -0.4 is 15.6 Å². The first kappa shape index (κ1) is 19.1. The molecule has 0 saturated heterocycles. The Labute approximate surface area is 170 Å². The lowest BCUT2D eigenvalue weighted by Gasteiger charge is -2.07. The van der Waals surface area contributed by atoms with Gasteiger partial charge < -0.3 is 10.1 Å². The number of para-hydroxylation sites is 1. The number of carbonyl (C=O) groups excluding carboxylic acids is 1. The molecular formula is C19H18N8O3. The highest BCUT2D eigenvalue weighted by Gasteiger charge is 2.13. The van der Waals surface area contributed by atoms with Crippen LogP contribution in [0.1, 0.15) is 10.5 Å². The molecule has 30 heavy (non-hydrogen) atoms. The Kier molecular flexibility index (Phi) is 5.33. The second-order valence-electron chi connectivity index (χ2n) is 6.22. The van der Waals surface area contributed by atoms with Gasteiger partial charge in [-0.2, -0.15) is 10.2 Å². The normalized spacial score (nSPS) is 10.7. The maximum atomic E-state index is 12.4. The van der Waals surface area contributed by atoms with Crippen molar-refractivity contribution in [3.8, 4) is 22.8 Å². The van der Waals surface area contributed by atoms with Crippen molar-refractivity contribution in [1.29, 1.82) is 0 Å². The Morgan fingerprint density at radius 2 is 2.10 bits per heavy atom. The summed E-state index contributed by atoms with van der Waals surface area (Å²) in [6, 6.07) is 12.0. The molecular weight excluding hydrogens is 388 g/mol. The van der Waals surface area contributed by atoms with E-state index in [0.717, 1.165) is 5.56 Å². The molecule has 11 heteroatoms. The fraction of sp³-hybridized carbons (Fsp3) is 0.158. The zero-order valence-corrected chi connectivity index (χ0v) is 16.0. The van der Waals surface area contributed by atoms with E-state index in [4.69, 9.17) is 4.74 Å². The first-order valence-electron chi connectivity index (χ1n) is 9.06. The summed E-state index contributed by atoms with van der Waals surface area (Å²) in [5.41, 5.74) is 1.38. The van der Waals surface area contributed by atoms with Gasteiger partial charge in [-0.3, -0.25) is 14.7 Å². The SMILES string of the molecule is COc1ccccc1-c1cc(C(=O)NCCn2nc(-n3cncn3)ccc2=O)[nH]n1. The molecule has 0 spiro atoms. The summed E-state index contributed by atoms with van der Waals surface area (Å²) in [5.74, 6) is 0.770. The van der Waals surface area contributed by atoms with Crippen LogP contribution in [0.4, 0.5) is 0 Å². The lowest BCUT2D eigenvalue weighted by atomic mass is 10.1. The summed E-state index contributed by atoms with van der Waals surface area (Å²) in [6.45, 7) is 0.399. The molecule has 0 bridgehead atoms. The van der Waals surface area contributed by atoms with Gasteiger partial charge in [0.25, 0.3) is 11.5 Å². The van der Waals surface area contributed by atoms with Crippen LogP contribution in [0.3, 0.4) is 0 Å². The summed E-state index contributed by atoms with van der Waals surface area (Å²) >= 11 is 0. The van der Waals surface area contributed by atoms with Crippen molar-refractivity contribution in [2.45, 2.75) is 6.54 Å². The van der Waals surface area contributed by atoms with E-state index in [2.05, 4.69) is 30.7 Å². The van der Waals surface area contributed by atoms with E-state index in [1.807, 2.05) is 24.3 Å². The Balaban J connectivity index is 1.41. The molecule has 0 aliphatic rings. The van der Waals surface area contributed by atoms with Gasteiger partial charge in [0.15, 0.2) is 5.82 Å². The monoisotopic (exact) mass is 406 g/mol. The van der Waals surface area contributed by atoms with Gasteiger partial charge in [-0.25, -0.2) is 14.3 Å². The number of methoxy groups -OCH3 is 1. The second kappa shape index (κ2) is 8.39. The minimum Gasteiger partial charge on any atom is -0.496 e. The predicted octanol–water partition coefficient (Wildman–Crippen LogP) is 0.653. The van der Waals surface area contributed by atoms with Crippen LogP contribution in [0.25, 0.3) is 17.1 Å². The molecule has 4 rings (SSSR count). The van der Waals surface area contributed by atoms with E-state index in [-0.39, 0.29) is 24.6 Å². The number of nitrogens with zero attached hydrogens (tertiary/aromatic N) is 6. The van der Waals surface area contributed by atoms with Gasteiger partial charge in [0, 0.05) is 18.2 Å². The maximum absolute atomic E-state index is 12.4. The fourth-order valence-electron chi connectivity index (χ4n) is 2.85. The standard InChI is InChI=1S/C19H18N8O3/c1-30-16-5-3-2-4-13(16)14-10-15(24-23-14)19(29)21-8-9-26-18(28)7-6-17(25-26)27-12-20-11-22-27/h2-7,10-12H,8-9H2,1H3,(H,21,29)(H,23,24). The highest BCUT2D eigenvalue weighted by molar-refractivity contribution is 5.93. The van der Waals surface area contributed by atoms with E-state index < -0.39 is 0 Å². The summed E-state index contributed by atoms with van der Waals surface area (Å²) in [6.07, 6.45) is 2.86. The zero-order chi connectivity index (χ0) is 20.9. The van der Waals surface area contributed by atoms with Crippen molar-refractivity contribution < 1.29 is 9.53 Å². The minimum atomic E-state index is -0.343. The largest absolute Gasteiger partial charge is 0.496 e. The highest BCUT2D eigenvalue weighted by Crippen LogP contribution is 2.28. The summed E-state index contributed by atoms with van der Waals surface area (Å²) < 4.78 is 8.02. The average Bonchev–Trinajstić information content (AvgIpc) is 3.47. The topological polar surface area (TPSA) is 133 Å². The zero-order valence-electron chi connectivity index (χ0n) is 16.0. The third-order valence-electron chi connectivity index (χ3n) is 4.32. The maximum Gasteiger partial charge on any atom is 0.269 e. The summed E-state index contributed by atoms with van der Waals surface area (Å²) in [7, 11) is 1.58. The van der Waals surface area contributed by atoms with Crippen molar-refractivity contribution in [3.05, 3.63) is 71.2 Å². The number of H-pyrrole nitrogens is 1. The first-order chi connectivity index (χ1) is 14.7. The van der Waals surface area contributed by atoms with Crippen molar-refractivity contribution in [3.63, 3.8) is 0 Å². The molecule has 2 N–H and O–H groups in total. The Morgan fingerprint density at radius 3 is 2.90 bits per heavy atom. The Hall–Kier alpha value is -4.28. The molecule has 0 aliphatic carbocycles. The molecule has 0 atom stereocenters. The highest BCUT2D eigenvalue weighted by atomic mass is 16.5. The average molecular weight is 406 g/mol. The van der Waals surface area contributed by atoms with Crippen molar-refractivity contribution in [2.75, 3.05) is 13.7 Å². The number of aromatic nitrogens is 7. The number of ether oxygens (including phenoxy) is 1. The number of aromatic amines is 1. The number of nitrogens with one attached hydrogen (secondary N) is 2. The summed E-state index contributed by atoms with van der Waals surface area (Å²) in [4.78, 5) is 28.3. The molecule has 3 aromatic heterocycles. The third-order valence-corrected chi connectivity index (χ3v) is 4.32. The van der Waals surface area contributed by atoms with E-state index in [1.54, 1.807) is 19.2 Å². The molecule has 0 radical (unpaired) electrons. The molecule has 0 aliphatic heterocycles. The molecule has 0 saturated carbocycles.